The van der Waals surface area contributed by atoms with Crippen LogP contribution in [0.15, 0.2) is 6.07 Å². The van der Waals surface area contributed by atoms with Gasteiger partial charge in [-0.1, -0.05) is 0 Å². The molecular weight excluding hydrogens is 338 g/mol. The van der Waals surface area contributed by atoms with E-state index in [0.717, 1.165) is 37.5 Å². The van der Waals surface area contributed by atoms with Gasteiger partial charge in [0.05, 0.1) is 6.54 Å². The van der Waals surface area contributed by atoms with Crippen LogP contribution in [-0.2, 0) is 17.8 Å². The van der Waals surface area contributed by atoms with E-state index in [1.54, 1.807) is 16.4 Å². The van der Waals surface area contributed by atoms with Crippen LogP contribution in [0.5, 0.6) is 5.06 Å². The van der Waals surface area contributed by atoms with Gasteiger partial charge in [-0.2, -0.15) is 0 Å². The second-order valence-corrected chi connectivity index (χ2v) is 8.52. The topological polar surface area (TPSA) is 54.0 Å². The van der Waals surface area contributed by atoms with Gasteiger partial charge in [-0.05, 0) is 52.2 Å². The van der Waals surface area contributed by atoms with Crippen molar-refractivity contribution in [2.75, 3.05) is 19.6 Å². The fourth-order valence-electron chi connectivity index (χ4n) is 3.28. The molecule has 1 aromatic heterocycles. The molecule has 1 amide bonds. The zero-order valence-corrected chi connectivity index (χ0v) is 16.4. The van der Waals surface area contributed by atoms with Crippen molar-refractivity contribution in [2.45, 2.75) is 65.3 Å². The van der Waals surface area contributed by atoms with E-state index in [0.29, 0.717) is 12.6 Å². The number of thiophene rings is 1. The van der Waals surface area contributed by atoms with Gasteiger partial charge in [0.15, 0.2) is 5.06 Å². The van der Waals surface area contributed by atoms with Crippen LogP contribution in [0.4, 0.5) is 4.79 Å². The Hall–Kier alpha value is -1.31. The van der Waals surface area contributed by atoms with Gasteiger partial charge < -0.3 is 14.9 Å². The van der Waals surface area contributed by atoms with Crippen molar-refractivity contribution in [3.8, 4) is 5.06 Å². The Balaban J connectivity index is 1.53. The fraction of sp³-hybridized carbons (Fsp3) is 0.722. The summed E-state index contributed by atoms with van der Waals surface area (Å²) in [5, 5.41) is 5.47. The van der Waals surface area contributed by atoms with Crippen LogP contribution in [0.25, 0.3) is 0 Å². The van der Waals surface area contributed by atoms with Crippen molar-refractivity contribution in [1.29, 1.82) is 0 Å². The smallest absolute Gasteiger partial charge is 0.426 e. The molecule has 3 heterocycles. The maximum absolute atomic E-state index is 11.8. The quantitative estimate of drug-likeness (QED) is 0.867. The Morgan fingerprint density at radius 2 is 2.12 bits per heavy atom. The molecule has 1 aromatic rings. The number of hydrogen-bond donors (Lipinski definition) is 1. The Morgan fingerprint density at radius 3 is 2.80 bits per heavy atom. The van der Waals surface area contributed by atoms with Crippen molar-refractivity contribution in [1.82, 2.24) is 15.3 Å². The van der Waals surface area contributed by atoms with E-state index in [9.17, 15) is 4.79 Å². The van der Waals surface area contributed by atoms with E-state index in [1.165, 1.54) is 10.4 Å². The lowest BCUT2D eigenvalue weighted by atomic mass is 10.1. The second kappa shape index (κ2) is 7.93. The van der Waals surface area contributed by atoms with E-state index in [-0.39, 0.29) is 18.2 Å². The molecule has 6 nitrogen and oxygen atoms in total. The van der Waals surface area contributed by atoms with E-state index in [2.05, 4.69) is 30.1 Å². The molecule has 0 saturated carbocycles. The Kier molecular flexibility index (Phi) is 5.86. The van der Waals surface area contributed by atoms with Gasteiger partial charge in [0.25, 0.3) is 0 Å². The molecule has 1 unspecified atom stereocenters. The predicted molar refractivity (Wildman–Crippen MR) is 98.9 cm³/mol. The number of carbonyl (C=O) groups excluding carboxylic acids is 1. The number of carbonyl (C=O) groups is 1. The Bertz CT molecular complexity index is 602. The molecule has 0 aromatic carbocycles. The predicted octanol–water partition coefficient (Wildman–Crippen LogP) is 3.02. The summed E-state index contributed by atoms with van der Waals surface area (Å²) in [5.74, 6) is 0. The number of nitrogens with zero attached hydrogens (tertiary/aromatic N) is 2. The first kappa shape index (κ1) is 18.5. The minimum Gasteiger partial charge on any atom is -0.479 e. The third-order valence-corrected chi connectivity index (χ3v) is 5.75. The first-order valence-corrected chi connectivity index (χ1v) is 9.98. The highest BCUT2D eigenvalue weighted by molar-refractivity contribution is 7.14. The first-order valence-electron chi connectivity index (χ1n) is 9.16. The monoisotopic (exact) mass is 367 g/mol. The molecule has 2 aliphatic rings. The van der Waals surface area contributed by atoms with Crippen LogP contribution >= 0.6 is 11.3 Å². The lowest BCUT2D eigenvalue weighted by molar-refractivity contribution is -0.111. The number of fused-ring (bicyclic) bond motifs is 1. The molecule has 1 N–H and O–H groups in total. The lowest BCUT2D eigenvalue weighted by Gasteiger charge is -2.25. The van der Waals surface area contributed by atoms with Gasteiger partial charge in [-0.25, -0.2) is 4.79 Å². The van der Waals surface area contributed by atoms with Crippen LogP contribution in [0.3, 0.4) is 0 Å². The third-order valence-electron chi connectivity index (χ3n) is 4.62. The average molecular weight is 368 g/mol. The molecule has 25 heavy (non-hydrogen) atoms. The number of rotatable bonds is 5. The summed E-state index contributed by atoms with van der Waals surface area (Å²) in [6.07, 6.45) is 1.88. The van der Waals surface area contributed by atoms with E-state index in [1.807, 2.05) is 13.8 Å². The van der Waals surface area contributed by atoms with Crippen LogP contribution in [0, 0.1) is 0 Å². The molecule has 2 aliphatic heterocycles. The fourth-order valence-corrected chi connectivity index (χ4v) is 4.35. The first-order chi connectivity index (χ1) is 11.9. The van der Waals surface area contributed by atoms with Gasteiger partial charge in [-0.3, -0.25) is 4.90 Å². The highest BCUT2D eigenvalue weighted by Crippen LogP contribution is 2.34. The minimum absolute atomic E-state index is 0.0748. The molecular formula is C18H29N3O3S. The normalized spacial score (nSPS) is 21.6. The molecule has 0 radical (unpaired) electrons. The molecule has 140 valence electrons. The van der Waals surface area contributed by atoms with Crippen molar-refractivity contribution in [3.05, 3.63) is 16.5 Å². The van der Waals surface area contributed by atoms with E-state index >= 15 is 0 Å². The molecule has 1 atom stereocenters. The van der Waals surface area contributed by atoms with E-state index in [4.69, 9.17) is 9.57 Å². The highest BCUT2D eigenvalue weighted by Gasteiger charge is 2.28. The van der Waals surface area contributed by atoms with Gasteiger partial charge >= 0.3 is 6.09 Å². The summed E-state index contributed by atoms with van der Waals surface area (Å²) in [5.41, 5.74) is 1.21. The highest BCUT2D eigenvalue weighted by atomic mass is 32.1. The van der Waals surface area contributed by atoms with Crippen molar-refractivity contribution >= 4 is 17.4 Å². The number of amides is 1. The van der Waals surface area contributed by atoms with Crippen LogP contribution in [0.2, 0.25) is 0 Å². The van der Waals surface area contributed by atoms with E-state index < -0.39 is 0 Å². The van der Waals surface area contributed by atoms with Crippen LogP contribution in [0.1, 0.15) is 44.6 Å². The molecule has 0 spiro atoms. The number of hydroxylamine groups is 2. The van der Waals surface area contributed by atoms with Gasteiger partial charge in [0, 0.05) is 36.6 Å². The molecule has 0 bridgehead atoms. The molecule has 1 fully saturated rings. The Labute approximate surface area is 154 Å². The maximum Gasteiger partial charge on any atom is 0.426 e. The lowest BCUT2D eigenvalue weighted by Crippen LogP contribution is -2.39. The van der Waals surface area contributed by atoms with Gasteiger partial charge in [0.2, 0.25) is 0 Å². The van der Waals surface area contributed by atoms with Crippen LogP contribution in [-0.4, -0.2) is 53.9 Å². The third kappa shape index (κ3) is 4.86. The van der Waals surface area contributed by atoms with Gasteiger partial charge in [0.1, 0.15) is 6.10 Å². The minimum atomic E-state index is -0.384. The number of ether oxygens (including phenoxy) is 1. The molecule has 3 rings (SSSR count). The zero-order chi connectivity index (χ0) is 18.0. The van der Waals surface area contributed by atoms with Crippen molar-refractivity contribution in [2.24, 2.45) is 0 Å². The summed E-state index contributed by atoms with van der Waals surface area (Å²) in [6.45, 7) is 11.8. The Morgan fingerprint density at radius 1 is 1.32 bits per heavy atom. The van der Waals surface area contributed by atoms with Crippen molar-refractivity contribution in [3.63, 3.8) is 0 Å². The second-order valence-electron chi connectivity index (χ2n) is 7.42. The number of likely N-dealkylation sites (tertiary alicyclic amines) is 1. The molecule has 0 aliphatic carbocycles. The van der Waals surface area contributed by atoms with Gasteiger partial charge in [-0.15, -0.1) is 16.4 Å². The molecule has 1 saturated heterocycles. The summed E-state index contributed by atoms with van der Waals surface area (Å²) in [4.78, 5) is 20.9. The summed E-state index contributed by atoms with van der Waals surface area (Å²) >= 11 is 1.74. The summed E-state index contributed by atoms with van der Waals surface area (Å²) in [6, 6.07) is 2.77. The summed E-state index contributed by atoms with van der Waals surface area (Å²) < 4.78 is 6.22. The zero-order valence-electron chi connectivity index (χ0n) is 15.6. The maximum atomic E-state index is 11.8. The van der Waals surface area contributed by atoms with Crippen molar-refractivity contribution < 1.29 is 14.4 Å². The SMILES string of the molecule is CC(C)NC(=O)ON1CCc2sc(OC3CCN(C(C)C)C3)cc2C1. The largest absolute Gasteiger partial charge is 0.479 e. The summed E-state index contributed by atoms with van der Waals surface area (Å²) in [7, 11) is 0. The number of hydrogen-bond acceptors (Lipinski definition) is 6. The standard InChI is InChI=1S/C18H29N3O3S/c1-12(2)19-18(22)24-21-8-6-16-14(10-21)9-17(25-16)23-15-5-7-20(11-15)13(3)4/h9,12-13,15H,5-8,10-11H2,1-4H3,(H,19,22). The number of nitrogens with one attached hydrogen (secondary N) is 1. The average Bonchev–Trinajstić information content (AvgIpc) is 3.12. The molecule has 7 heteroatoms. The van der Waals surface area contributed by atoms with Crippen LogP contribution < -0.4 is 10.1 Å².